The number of nitrogens with two attached hydrogens (primary N) is 1. The zero-order valence-corrected chi connectivity index (χ0v) is 11.6. The Morgan fingerprint density at radius 1 is 1.00 bits per heavy atom. The van der Waals surface area contributed by atoms with Crippen LogP contribution < -0.4 is 11.3 Å². The molecule has 3 rings (SSSR count). The molecule has 0 fully saturated rings. The van der Waals surface area contributed by atoms with E-state index in [2.05, 4.69) is 27.8 Å². The minimum absolute atomic E-state index is 0.0649. The Morgan fingerprint density at radius 2 is 1.67 bits per heavy atom. The fourth-order valence-electron chi connectivity index (χ4n) is 2.22. The van der Waals surface area contributed by atoms with Crippen LogP contribution in [0, 0.1) is 0 Å². The second-order valence-electron chi connectivity index (χ2n) is 4.80. The van der Waals surface area contributed by atoms with Gasteiger partial charge in [0.05, 0.1) is 17.9 Å². The highest BCUT2D eigenvalue weighted by Gasteiger charge is 2.15. The first-order chi connectivity index (χ1) is 10.4. The number of benzene rings is 2. The Morgan fingerprint density at radius 3 is 2.33 bits per heavy atom. The minimum atomic E-state index is -0.0649. The molecule has 1 aromatic heterocycles. The molecule has 106 valence electrons. The Bertz CT molecular complexity index is 678. The number of nitrogens with one attached hydrogen (secondary N) is 1. The summed E-state index contributed by atoms with van der Waals surface area (Å²) in [5, 5.41) is 8.82. The zero-order valence-electron chi connectivity index (χ0n) is 11.6. The number of para-hydroxylation sites is 1. The first kappa shape index (κ1) is 13.5. The molecule has 1 heterocycles. The third-order valence-electron chi connectivity index (χ3n) is 3.34. The molecule has 0 saturated carbocycles. The molecule has 3 aromatic rings. The normalized spacial score (nSPS) is 12.2. The predicted octanol–water partition coefficient (Wildman–Crippen LogP) is 2.01. The molecule has 5 nitrogen and oxygen atoms in total. The van der Waals surface area contributed by atoms with Crippen LogP contribution >= 0.6 is 0 Å². The van der Waals surface area contributed by atoms with Crippen LogP contribution in [0.15, 0.2) is 66.9 Å². The average Bonchev–Trinajstić information content (AvgIpc) is 3.04. The van der Waals surface area contributed by atoms with Crippen molar-refractivity contribution in [3.8, 4) is 5.69 Å². The van der Waals surface area contributed by atoms with Crippen molar-refractivity contribution in [2.75, 3.05) is 0 Å². The Labute approximate surface area is 123 Å². The van der Waals surface area contributed by atoms with Crippen LogP contribution in [0.25, 0.3) is 5.69 Å². The summed E-state index contributed by atoms with van der Waals surface area (Å²) in [7, 11) is 0. The van der Waals surface area contributed by atoms with Crippen molar-refractivity contribution in [3.05, 3.63) is 78.1 Å². The van der Waals surface area contributed by atoms with Crippen LogP contribution in [0.1, 0.15) is 17.3 Å². The van der Waals surface area contributed by atoms with Gasteiger partial charge in [0.2, 0.25) is 0 Å². The molecule has 0 radical (unpaired) electrons. The number of nitrogens with zero attached hydrogens (tertiary/aromatic N) is 3. The van der Waals surface area contributed by atoms with E-state index in [1.807, 2.05) is 48.5 Å². The summed E-state index contributed by atoms with van der Waals surface area (Å²) >= 11 is 0. The van der Waals surface area contributed by atoms with Crippen molar-refractivity contribution in [1.82, 2.24) is 20.4 Å². The lowest BCUT2D eigenvalue weighted by molar-refractivity contribution is 0.532. The Balaban J connectivity index is 1.81. The largest absolute Gasteiger partial charge is 0.271 e. The molecule has 0 aliphatic heterocycles. The van der Waals surface area contributed by atoms with Crippen molar-refractivity contribution in [1.29, 1.82) is 0 Å². The minimum Gasteiger partial charge on any atom is -0.271 e. The van der Waals surface area contributed by atoms with Crippen LogP contribution in [0.5, 0.6) is 0 Å². The van der Waals surface area contributed by atoms with E-state index in [-0.39, 0.29) is 6.04 Å². The van der Waals surface area contributed by atoms with E-state index in [1.54, 1.807) is 11.0 Å². The van der Waals surface area contributed by atoms with Crippen LogP contribution in [0.2, 0.25) is 0 Å². The summed E-state index contributed by atoms with van der Waals surface area (Å²) in [6.07, 6.45) is 2.52. The first-order valence-electron chi connectivity index (χ1n) is 6.84. The lowest BCUT2D eigenvalue weighted by Crippen LogP contribution is -2.30. The molecule has 0 saturated heterocycles. The van der Waals surface area contributed by atoms with Gasteiger partial charge in [0.1, 0.15) is 5.69 Å². The van der Waals surface area contributed by atoms with Gasteiger partial charge in [-0.2, -0.15) is 15.0 Å². The van der Waals surface area contributed by atoms with Crippen LogP contribution in [0.4, 0.5) is 0 Å². The number of hydrogen-bond donors (Lipinski definition) is 2. The lowest BCUT2D eigenvalue weighted by atomic mass is 10.0. The quantitative estimate of drug-likeness (QED) is 0.554. The summed E-state index contributed by atoms with van der Waals surface area (Å²) < 4.78 is 0. The summed E-state index contributed by atoms with van der Waals surface area (Å²) in [4.78, 5) is 1.62. The molecule has 0 bridgehead atoms. The van der Waals surface area contributed by atoms with Gasteiger partial charge in [0.25, 0.3) is 0 Å². The molecule has 0 aliphatic carbocycles. The maximum atomic E-state index is 5.67. The van der Waals surface area contributed by atoms with Gasteiger partial charge in [-0.05, 0) is 24.1 Å². The smallest absolute Gasteiger partial charge is 0.102 e. The summed E-state index contributed by atoms with van der Waals surface area (Å²) in [5.74, 6) is 5.67. The first-order valence-corrected chi connectivity index (χ1v) is 6.84. The van der Waals surface area contributed by atoms with Crippen LogP contribution in [0.3, 0.4) is 0 Å². The number of hydrazine groups is 1. The van der Waals surface area contributed by atoms with Crippen molar-refractivity contribution in [3.63, 3.8) is 0 Å². The van der Waals surface area contributed by atoms with Crippen molar-refractivity contribution >= 4 is 0 Å². The van der Waals surface area contributed by atoms with Crippen LogP contribution in [-0.4, -0.2) is 15.0 Å². The lowest BCUT2D eigenvalue weighted by Gasteiger charge is -2.12. The zero-order chi connectivity index (χ0) is 14.5. The fourth-order valence-corrected chi connectivity index (χ4v) is 2.22. The van der Waals surface area contributed by atoms with Gasteiger partial charge in [0, 0.05) is 0 Å². The topological polar surface area (TPSA) is 68.8 Å². The monoisotopic (exact) mass is 279 g/mol. The summed E-state index contributed by atoms with van der Waals surface area (Å²) in [6.45, 7) is 0. The van der Waals surface area contributed by atoms with Gasteiger partial charge in [-0.25, -0.2) is 0 Å². The highest BCUT2D eigenvalue weighted by Crippen LogP contribution is 2.16. The molecule has 0 amide bonds. The molecule has 3 N–H and O–H groups in total. The maximum Gasteiger partial charge on any atom is 0.102 e. The molecule has 5 heteroatoms. The van der Waals surface area contributed by atoms with E-state index in [9.17, 15) is 0 Å². The van der Waals surface area contributed by atoms with Gasteiger partial charge < -0.3 is 0 Å². The number of hydrogen-bond acceptors (Lipinski definition) is 4. The van der Waals surface area contributed by atoms with Crippen molar-refractivity contribution in [2.45, 2.75) is 12.5 Å². The fraction of sp³-hybridized carbons (Fsp3) is 0.125. The van der Waals surface area contributed by atoms with Gasteiger partial charge >= 0.3 is 0 Å². The van der Waals surface area contributed by atoms with E-state index >= 15 is 0 Å². The second kappa shape index (κ2) is 6.30. The molecule has 0 aliphatic rings. The summed E-state index contributed by atoms with van der Waals surface area (Å²) in [6, 6.07) is 19.9. The predicted molar refractivity (Wildman–Crippen MR) is 81.6 cm³/mol. The highest BCUT2D eigenvalue weighted by molar-refractivity contribution is 5.28. The molecule has 21 heavy (non-hydrogen) atoms. The number of rotatable bonds is 5. The molecule has 1 unspecified atom stereocenters. The third kappa shape index (κ3) is 3.16. The Hall–Kier alpha value is -2.50. The van der Waals surface area contributed by atoms with Gasteiger partial charge in [-0.1, -0.05) is 48.5 Å². The molecule has 2 aromatic carbocycles. The van der Waals surface area contributed by atoms with E-state index < -0.39 is 0 Å². The van der Waals surface area contributed by atoms with Gasteiger partial charge in [0.15, 0.2) is 0 Å². The molecular formula is C16H17N5. The molecule has 0 spiro atoms. The van der Waals surface area contributed by atoms with Gasteiger partial charge in [-0.3, -0.25) is 11.3 Å². The summed E-state index contributed by atoms with van der Waals surface area (Å²) in [5.41, 5.74) is 5.77. The van der Waals surface area contributed by atoms with E-state index in [0.29, 0.717) is 0 Å². The van der Waals surface area contributed by atoms with Crippen LogP contribution in [-0.2, 0) is 6.42 Å². The second-order valence-corrected chi connectivity index (χ2v) is 4.80. The molecule has 1 atom stereocenters. The van der Waals surface area contributed by atoms with E-state index in [0.717, 1.165) is 17.8 Å². The molecular weight excluding hydrogens is 262 g/mol. The standard InChI is InChI=1S/C16H17N5/c17-19-15(11-13-7-3-1-4-8-13)16-12-18-21(20-16)14-9-5-2-6-10-14/h1-10,12,15,19H,11,17H2. The maximum absolute atomic E-state index is 5.67. The van der Waals surface area contributed by atoms with Crippen molar-refractivity contribution in [2.24, 2.45) is 5.84 Å². The number of aromatic nitrogens is 3. The van der Waals surface area contributed by atoms with E-state index in [1.165, 1.54) is 5.56 Å². The highest BCUT2D eigenvalue weighted by atomic mass is 15.5. The average molecular weight is 279 g/mol. The SMILES string of the molecule is NNC(Cc1ccccc1)c1cnn(-c2ccccc2)n1. The van der Waals surface area contributed by atoms with Crippen molar-refractivity contribution < 1.29 is 0 Å². The van der Waals surface area contributed by atoms with E-state index in [4.69, 9.17) is 5.84 Å². The van der Waals surface area contributed by atoms with Gasteiger partial charge in [-0.15, -0.1) is 0 Å². The Kier molecular flexibility index (Phi) is 4.04. The third-order valence-corrected chi connectivity index (χ3v) is 3.34.